The van der Waals surface area contributed by atoms with Gasteiger partial charge in [-0.25, -0.2) is 0 Å². The summed E-state index contributed by atoms with van der Waals surface area (Å²) in [5.74, 6) is 0. The zero-order valence-corrected chi connectivity index (χ0v) is 13.3. The van der Waals surface area contributed by atoms with Gasteiger partial charge in [0.05, 0.1) is 17.1 Å². The second-order valence-electron chi connectivity index (χ2n) is 4.91. The second kappa shape index (κ2) is 7.42. The van der Waals surface area contributed by atoms with E-state index in [1.807, 2.05) is 42.5 Å². The molecule has 0 fully saturated rings. The van der Waals surface area contributed by atoms with Crippen molar-refractivity contribution < 1.29 is 0 Å². The highest BCUT2D eigenvalue weighted by Gasteiger charge is 2.08. The maximum Gasteiger partial charge on any atom is 0.0958 e. The van der Waals surface area contributed by atoms with Gasteiger partial charge in [-0.05, 0) is 40.9 Å². The lowest BCUT2D eigenvalue weighted by molar-refractivity contribution is 1.22. The Labute approximate surface area is 143 Å². The first-order valence-electron chi connectivity index (χ1n) is 7.19. The molecule has 0 atom stereocenters. The maximum absolute atomic E-state index is 8.91. The fourth-order valence-electron chi connectivity index (χ4n) is 2.26. The quantitative estimate of drug-likeness (QED) is 0.271. The van der Waals surface area contributed by atoms with E-state index in [1.54, 1.807) is 30.3 Å². The predicted octanol–water partition coefficient (Wildman–Crippen LogP) is 7.36. The van der Waals surface area contributed by atoms with Crippen LogP contribution in [-0.2, 0) is 0 Å². The Morgan fingerprint density at radius 2 is 1.62 bits per heavy atom. The summed E-state index contributed by atoms with van der Waals surface area (Å²) in [6.07, 6.45) is 0. The summed E-state index contributed by atoms with van der Waals surface area (Å²) in [7, 11) is 0. The van der Waals surface area contributed by atoms with E-state index in [0.29, 0.717) is 22.1 Å². The molecule has 3 aromatic rings. The zero-order chi connectivity index (χ0) is 16.8. The molecule has 0 N–H and O–H groups in total. The van der Waals surface area contributed by atoms with Crippen molar-refractivity contribution in [2.75, 3.05) is 0 Å². The highest BCUT2D eigenvalue weighted by atomic mass is 35.5. The van der Waals surface area contributed by atoms with Crippen LogP contribution >= 0.6 is 11.6 Å². The fourth-order valence-corrected chi connectivity index (χ4v) is 2.45. The van der Waals surface area contributed by atoms with Crippen LogP contribution < -0.4 is 0 Å². The third kappa shape index (κ3) is 3.60. The Morgan fingerprint density at radius 3 is 2.38 bits per heavy atom. The van der Waals surface area contributed by atoms with Gasteiger partial charge in [0.15, 0.2) is 0 Å². The topological polar surface area (TPSA) is 73.5 Å². The molecular weight excluding hydrogens is 322 g/mol. The van der Waals surface area contributed by atoms with Crippen molar-refractivity contribution in [3.8, 4) is 11.1 Å². The number of azo groups is 1. The van der Waals surface area contributed by atoms with Gasteiger partial charge in [0.25, 0.3) is 0 Å². The number of benzene rings is 3. The molecule has 5 nitrogen and oxygen atoms in total. The molecule has 0 spiro atoms. The van der Waals surface area contributed by atoms with Crippen molar-refractivity contribution in [3.05, 3.63) is 88.3 Å². The van der Waals surface area contributed by atoms with E-state index >= 15 is 0 Å². The van der Waals surface area contributed by atoms with E-state index < -0.39 is 0 Å². The second-order valence-corrected chi connectivity index (χ2v) is 5.35. The maximum atomic E-state index is 8.91. The van der Waals surface area contributed by atoms with Crippen molar-refractivity contribution in [1.82, 2.24) is 0 Å². The minimum Gasteiger partial charge on any atom is -0.151 e. The minimum absolute atomic E-state index is 0.442. The van der Waals surface area contributed by atoms with E-state index in [2.05, 4.69) is 20.3 Å². The summed E-state index contributed by atoms with van der Waals surface area (Å²) in [5, 5.41) is 12.8. The molecule has 24 heavy (non-hydrogen) atoms. The summed E-state index contributed by atoms with van der Waals surface area (Å²) in [6, 6.07) is 22.2. The van der Waals surface area contributed by atoms with Gasteiger partial charge in [0.2, 0.25) is 0 Å². The minimum atomic E-state index is 0.442. The molecule has 0 aliphatic rings. The molecule has 0 aliphatic carbocycles. The number of nitrogens with zero attached hydrogens (tertiary/aromatic N) is 5. The van der Waals surface area contributed by atoms with Crippen LogP contribution in [-0.4, -0.2) is 0 Å². The zero-order valence-electron chi connectivity index (χ0n) is 12.5. The van der Waals surface area contributed by atoms with Crippen LogP contribution in [0, 0.1) is 0 Å². The highest BCUT2D eigenvalue weighted by Crippen LogP contribution is 2.39. The van der Waals surface area contributed by atoms with Crippen molar-refractivity contribution in [2.45, 2.75) is 0 Å². The monoisotopic (exact) mass is 333 g/mol. The summed E-state index contributed by atoms with van der Waals surface area (Å²) in [6.45, 7) is 0. The molecule has 3 rings (SSSR count). The van der Waals surface area contributed by atoms with Gasteiger partial charge in [-0.1, -0.05) is 65.2 Å². The van der Waals surface area contributed by atoms with E-state index in [0.717, 1.165) is 11.1 Å². The van der Waals surface area contributed by atoms with Crippen LogP contribution in [0.2, 0.25) is 5.02 Å². The van der Waals surface area contributed by atoms with Crippen LogP contribution in [0.25, 0.3) is 21.6 Å². The van der Waals surface area contributed by atoms with Gasteiger partial charge in [-0.3, -0.25) is 0 Å². The lowest BCUT2D eigenvalue weighted by Crippen LogP contribution is -1.78. The molecule has 3 aromatic carbocycles. The van der Waals surface area contributed by atoms with E-state index in [9.17, 15) is 0 Å². The van der Waals surface area contributed by atoms with Crippen molar-refractivity contribution in [3.63, 3.8) is 0 Å². The molecule has 0 saturated carbocycles. The molecule has 0 amide bonds. The summed E-state index contributed by atoms with van der Waals surface area (Å²) in [4.78, 5) is 2.92. The first-order chi connectivity index (χ1) is 11.8. The Hall–Kier alpha value is -3.14. The number of hydrogen-bond donors (Lipinski definition) is 0. The average Bonchev–Trinajstić information content (AvgIpc) is 2.62. The lowest BCUT2D eigenvalue weighted by atomic mass is 10.0. The summed E-state index contributed by atoms with van der Waals surface area (Å²) < 4.78 is 0. The molecule has 0 bridgehead atoms. The third-order valence-corrected chi connectivity index (χ3v) is 3.56. The normalized spacial score (nSPS) is 10.5. The van der Waals surface area contributed by atoms with Gasteiger partial charge in [0, 0.05) is 9.93 Å². The van der Waals surface area contributed by atoms with Gasteiger partial charge < -0.3 is 0 Å². The molecule has 6 heteroatoms. The van der Waals surface area contributed by atoms with Gasteiger partial charge in [-0.15, -0.1) is 0 Å². The number of halogens is 1. The Balaban J connectivity index is 2.06. The van der Waals surface area contributed by atoms with E-state index in [-0.39, 0.29) is 0 Å². The number of azide groups is 1. The predicted molar refractivity (Wildman–Crippen MR) is 96.3 cm³/mol. The van der Waals surface area contributed by atoms with E-state index in [4.69, 9.17) is 17.1 Å². The van der Waals surface area contributed by atoms with E-state index in [1.165, 1.54) is 0 Å². The first kappa shape index (κ1) is 15.7. The van der Waals surface area contributed by atoms with Crippen LogP contribution in [0.5, 0.6) is 0 Å². The van der Waals surface area contributed by atoms with Gasteiger partial charge in [0.1, 0.15) is 0 Å². The molecular formula is C18H12ClN5. The smallest absolute Gasteiger partial charge is 0.0958 e. The number of hydrogen-bond acceptors (Lipinski definition) is 3. The third-order valence-electron chi connectivity index (χ3n) is 3.33. The Morgan fingerprint density at radius 1 is 0.833 bits per heavy atom. The molecule has 0 saturated heterocycles. The first-order valence-corrected chi connectivity index (χ1v) is 7.56. The van der Waals surface area contributed by atoms with Gasteiger partial charge in [-0.2, -0.15) is 10.2 Å². The average molecular weight is 334 g/mol. The standard InChI is InChI=1S/C18H12ClN5/c19-14-8-4-9-15(12-14)21-22-17-11-5-10-16(18(17)23-24-20)13-6-2-1-3-7-13/h1-12H. The SMILES string of the molecule is [N-]=[N+]=Nc1c(N=Nc2cccc(Cl)c2)cccc1-c1ccccc1. The van der Waals surface area contributed by atoms with Crippen LogP contribution in [0.1, 0.15) is 0 Å². The molecule has 0 heterocycles. The van der Waals surface area contributed by atoms with Crippen molar-refractivity contribution in [2.24, 2.45) is 15.3 Å². The molecule has 0 unspecified atom stereocenters. The summed E-state index contributed by atoms with van der Waals surface area (Å²) >= 11 is 5.94. The van der Waals surface area contributed by atoms with Gasteiger partial charge >= 0.3 is 0 Å². The van der Waals surface area contributed by atoms with Crippen LogP contribution in [0.4, 0.5) is 17.1 Å². The Kier molecular flexibility index (Phi) is 4.87. The molecule has 116 valence electrons. The highest BCUT2D eigenvalue weighted by molar-refractivity contribution is 6.30. The fraction of sp³-hybridized carbons (Fsp3) is 0. The molecule has 0 radical (unpaired) electrons. The van der Waals surface area contributed by atoms with Crippen molar-refractivity contribution >= 4 is 28.7 Å². The Bertz CT molecular complexity index is 931. The summed E-state index contributed by atoms with van der Waals surface area (Å²) in [5.41, 5.74) is 12.2. The number of rotatable bonds is 4. The molecule has 0 aromatic heterocycles. The largest absolute Gasteiger partial charge is 0.151 e. The molecule has 0 aliphatic heterocycles. The van der Waals surface area contributed by atoms with Crippen LogP contribution in [0.15, 0.2) is 88.1 Å². The van der Waals surface area contributed by atoms with Crippen molar-refractivity contribution in [1.29, 1.82) is 0 Å². The van der Waals surface area contributed by atoms with Crippen LogP contribution in [0.3, 0.4) is 0 Å². The lowest BCUT2D eigenvalue weighted by Gasteiger charge is -2.07.